The van der Waals surface area contributed by atoms with Gasteiger partial charge in [0.15, 0.2) is 5.13 Å². The largest absolute Gasteiger partial charge is 0.450 e. The molecule has 0 unspecified atom stereocenters. The molecule has 0 radical (unpaired) electrons. The second-order valence-corrected chi connectivity index (χ2v) is 9.63. The van der Waals surface area contributed by atoms with E-state index in [4.69, 9.17) is 15.0 Å². The van der Waals surface area contributed by atoms with Crippen molar-refractivity contribution in [1.29, 1.82) is 5.26 Å². The van der Waals surface area contributed by atoms with E-state index >= 15 is 0 Å². The van der Waals surface area contributed by atoms with Crippen molar-refractivity contribution in [1.82, 2.24) is 20.5 Å². The lowest BCUT2D eigenvalue weighted by Gasteiger charge is -2.33. The summed E-state index contributed by atoms with van der Waals surface area (Å²) in [7, 11) is 0. The number of benzene rings is 1. The molecule has 1 aromatic heterocycles. The Kier molecular flexibility index (Phi) is 9.64. The summed E-state index contributed by atoms with van der Waals surface area (Å²) in [5.74, 6) is -0.524. The molecule has 1 aliphatic heterocycles. The zero-order chi connectivity index (χ0) is 26.1. The Morgan fingerprint density at radius 1 is 1.17 bits per heavy atom. The van der Waals surface area contributed by atoms with Crippen LogP contribution >= 0.6 is 11.3 Å². The first-order chi connectivity index (χ1) is 17.3. The summed E-state index contributed by atoms with van der Waals surface area (Å²) in [5, 5.41) is 16.9. The highest BCUT2D eigenvalue weighted by atomic mass is 32.1. The minimum absolute atomic E-state index is 0.102. The van der Waals surface area contributed by atoms with Crippen LogP contribution in [0.1, 0.15) is 37.6 Å². The molecule has 0 bridgehead atoms. The van der Waals surface area contributed by atoms with Crippen LogP contribution in [0.15, 0.2) is 29.6 Å². The van der Waals surface area contributed by atoms with Crippen LogP contribution in [0.2, 0.25) is 0 Å². The molecule has 2 N–H and O–H groups in total. The van der Waals surface area contributed by atoms with E-state index in [0.29, 0.717) is 44.8 Å². The average Bonchev–Trinajstić information content (AvgIpc) is 3.37. The molecule has 2 heterocycles. The summed E-state index contributed by atoms with van der Waals surface area (Å²) in [6.45, 7) is 8.54. The van der Waals surface area contributed by atoms with Gasteiger partial charge in [0.25, 0.3) is 5.91 Å². The van der Waals surface area contributed by atoms with Crippen molar-refractivity contribution in [2.45, 2.75) is 33.2 Å². The summed E-state index contributed by atoms with van der Waals surface area (Å²) < 4.78 is 5.07. The van der Waals surface area contributed by atoms with E-state index in [1.807, 2.05) is 37.4 Å². The molecule has 1 fully saturated rings. The summed E-state index contributed by atoms with van der Waals surface area (Å²) in [6.07, 6.45) is 0.191. The third-order valence-electron chi connectivity index (χ3n) is 5.68. The molecule has 36 heavy (non-hydrogen) atoms. The van der Waals surface area contributed by atoms with E-state index in [1.54, 1.807) is 24.0 Å². The number of hydrogen-bond donors (Lipinski definition) is 2. The maximum absolute atomic E-state index is 12.8. The molecule has 10 nitrogen and oxygen atoms in total. The highest BCUT2D eigenvalue weighted by molar-refractivity contribution is 7.14. The van der Waals surface area contributed by atoms with E-state index in [9.17, 15) is 14.4 Å². The van der Waals surface area contributed by atoms with Crippen molar-refractivity contribution in [3.05, 3.63) is 35.2 Å². The molecule has 0 spiro atoms. The van der Waals surface area contributed by atoms with Gasteiger partial charge in [-0.15, -0.1) is 11.3 Å². The number of nitrogens with one attached hydrogen (secondary N) is 2. The van der Waals surface area contributed by atoms with Gasteiger partial charge in [0.2, 0.25) is 5.91 Å². The van der Waals surface area contributed by atoms with Crippen LogP contribution in [-0.4, -0.2) is 73.2 Å². The minimum atomic E-state index is -0.712. The number of piperazine rings is 1. The number of nitriles is 1. The Morgan fingerprint density at radius 2 is 1.86 bits per heavy atom. The van der Waals surface area contributed by atoms with Gasteiger partial charge in [-0.1, -0.05) is 26.0 Å². The molecule has 1 atom stereocenters. The number of carbonyl (C=O) groups is 3. The van der Waals surface area contributed by atoms with Crippen molar-refractivity contribution < 1.29 is 19.1 Å². The summed E-state index contributed by atoms with van der Waals surface area (Å²) >= 11 is 1.54. The number of nitrogens with zero attached hydrogens (tertiary/aromatic N) is 4. The van der Waals surface area contributed by atoms with Crippen LogP contribution in [0.5, 0.6) is 0 Å². The van der Waals surface area contributed by atoms with Gasteiger partial charge in [-0.05, 0) is 31.4 Å². The number of hydrogen-bond acceptors (Lipinski definition) is 8. The quantitative estimate of drug-likeness (QED) is 0.495. The third-order valence-corrected chi connectivity index (χ3v) is 6.58. The van der Waals surface area contributed by atoms with Gasteiger partial charge in [0, 0.05) is 42.7 Å². The molecular formula is C25H32N6O4S. The maximum Gasteiger partial charge on any atom is 0.409 e. The predicted molar refractivity (Wildman–Crippen MR) is 138 cm³/mol. The normalized spacial score (nSPS) is 14.2. The molecule has 11 heteroatoms. The topological polar surface area (TPSA) is 128 Å². The molecule has 1 aromatic carbocycles. The van der Waals surface area contributed by atoms with Crippen molar-refractivity contribution >= 4 is 34.4 Å². The van der Waals surface area contributed by atoms with Gasteiger partial charge in [-0.25, -0.2) is 9.78 Å². The Labute approximate surface area is 215 Å². The molecule has 1 aliphatic rings. The lowest BCUT2D eigenvalue weighted by molar-refractivity contribution is -0.123. The van der Waals surface area contributed by atoms with Gasteiger partial charge in [0.1, 0.15) is 12.6 Å². The highest BCUT2D eigenvalue weighted by Crippen LogP contribution is 2.28. The standard InChI is InChI=1S/C25H32N6O4S/c1-4-35-25(34)31-13-11-30(12-14-31)24-29-21(16-36-24)18-5-7-19(8-6-18)22(32)28-20(15-17(2)3)23(33)27-10-9-26/h5-8,16-17,20H,4,10-15H2,1-3H3,(H,27,33)(H,28,32)/t20-/m0/s1. The van der Waals surface area contributed by atoms with Gasteiger partial charge in [0.05, 0.1) is 18.4 Å². The third kappa shape index (κ3) is 7.18. The van der Waals surface area contributed by atoms with Gasteiger partial charge >= 0.3 is 6.09 Å². The lowest BCUT2D eigenvalue weighted by Crippen LogP contribution is -2.49. The molecule has 0 saturated carbocycles. The lowest BCUT2D eigenvalue weighted by atomic mass is 10.0. The van der Waals surface area contributed by atoms with Gasteiger partial charge < -0.3 is 25.2 Å². The molecule has 0 aliphatic carbocycles. The second kappa shape index (κ2) is 12.9. The van der Waals surface area contributed by atoms with Crippen molar-refractivity contribution in [3.63, 3.8) is 0 Å². The molecule has 3 rings (SSSR count). The Balaban J connectivity index is 1.60. The van der Waals surface area contributed by atoms with E-state index in [0.717, 1.165) is 16.4 Å². The van der Waals surface area contributed by atoms with E-state index in [-0.39, 0.29) is 30.4 Å². The Morgan fingerprint density at radius 3 is 2.47 bits per heavy atom. The van der Waals surface area contributed by atoms with Crippen LogP contribution in [0.25, 0.3) is 11.3 Å². The van der Waals surface area contributed by atoms with E-state index < -0.39 is 6.04 Å². The fraction of sp³-hybridized carbons (Fsp3) is 0.480. The van der Waals surface area contributed by atoms with Crippen molar-refractivity contribution in [2.24, 2.45) is 5.92 Å². The SMILES string of the molecule is CCOC(=O)N1CCN(c2nc(-c3ccc(C(=O)N[C@@H](CC(C)C)C(=O)NCC#N)cc3)cs2)CC1. The molecule has 192 valence electrons. The number of ether oxygens (including phenoxy) is 1. The number of anilines is 1. The summed E-state index contributed by atoms with van der Waals surface area (Å²) in [4.78, 5) is 45.6. The molecule has 2 aromatic rings. The smallest absolute Gasteiger partial charge is 0.409 e. The van der Waals surface area contributed by atoms with Crippen LogP contribution < -0.4 is 15.5 Å². The molecular weight excluding hydrogens is 480 g/mol. The van der Waals surface area contributed by atoms with Crippen LogP contribution in [0.4, 0.5) is 9.93 Å². The first-order valence-electron chi connectivity index (χ1n) is 12.0. The molecule has 1 saturated heterocycles. The molecule has 3 amide bonds. The predicted octanol–water partition coefficient (Wildman–Crippen LogP) is 2.87. The first kappa shape index (κ1) is 26.9. The van der Waals surface area contributed by atoms with Crippen molar-refractivity contribution in [3.8, 4) is 17.3 Å². The fourth-order valence-electron chi connectivity index (χ4n) is 3.82. The van der Waals surface area contributed by atoms with Crippen LogP contribution in [-0.2, 0) is 9.53 Å². The number of rotatable bonds is 9. The number of thiazole rings is 1. The van der Waals surface area contributed by atoms with Crippen LogP contribution in [0.3, 0.4) is 0 Å². The van der Waals surface area contributed by atoms with Gasteiger partial charge in [-0.3, -0.25) is 9.59 Å². The number of amides is 3. The minimum Gasteiger partial charge on any atom is -0.450 e. The number of aromatic nitrogens is 1. The monoisotopic (exact) mass is 512 g/mol. The Bertz CT molecular complexity index is 1090. The highest BCUT2D eigenvalue weighted by Gasteiger charge is 2.24. The zero-order valence-corrected chi connectivity index (χ0v) is 21.6. The zero-order valence-electron chi connectivity index (χ0n) is 20.8. The summed E-state index contributed by atoms with van der Waals surface area (Å²) in [6, 6.07) is 8.25. The maximum atomic E-state index is 12.8. The van der Waals surface area contributed by atoms with Crippen molar-refractivity contribution in [2.75, 3.05) is 44.2 Å². The van der Waals surface area contributed by atoms with Crippen LogP contribution in [0, 0.1) is 17.2 Å². The fourth-order valence-corrected chi connectivity index (χ4v) is 4.71. The van der Waals surface area contributed by atoms with E-state index in [1.165, 1.54) is 11.3 Å². The number of carbonyl (C=O) groups excluding carboxylic acids is 3. The summed E-state index contributed by atoms with van der Waals surface area (Å²) in [5.41, 5.74) is 2.12. The second-order valence-electron chi connectivity index (χ2n) is 8.80. The first-order valence-corrected chi connectivity index (χ1v) is 12.9. The Hall–Kier alpha value is -3.65. The van der Waals surface area contributed by atoms with E-state index in [2.05, 4.69) is 15.5 Å². The van der Waals surface area contributed by atoms with Gasteiger partial charge in [-0.2, -0.15) is 5.26 Å². The average molecular weight is 513 g/mol.